The second-order valence-corrected chi connectivity index (χ2v) is 6.64. The number of aromatic nitrogens is 1. The van der Waals surface area contributed by atoms with Crippen LogP contribution in [-0.2, 0) is 6.18 Å². The summed E-state index contributed by atoms with van der Waals surface area (Å²) in [5.74, 6) is -0.584. The predicted molar refractivity (Wildman–Crippen MR) is 102 cm³/mol. The van der Waals surface area contributed by atoms with Gasteiger partial charge in [0.15, 0.2) is 0 Å². The van der Waals surface area contributed by atoms with Crippen LogP contribution in [0.2, 0.25) is 0 Å². The van der Waals surface area contributed by atoms with Crippen LogP contribution in [0.1, 0.15) is 29.7 Å². The van der Waals surface area contributed by atoms with Gasteiger partial charge in [-0.2, -0.15) is 13.2 Å². The average molecular weight is 400 g/mol. The van der Waals surface area contributed by atoms with Gasteiger partial charge in [-0.3, -0.25) is 9.98 Å². The minimum absolute atomic E-state index is 0.160. The summed E-state index contributed by atoms with van der Waals surface area (Å²) >= 11 is 0. The van der Waals surface area contributed by atoms with E-state index in [1.165, 1.54) is 6.07 Å². The highest BCUT2D eigenvalue weighted by Gasteiger charge is 2.34. The Kier molecular flexibility index (Phi) is 5.05. The maximum atomic E-state index is 13.5. The summed E-state index contributed by atoms with van der Waals surface area (Å²) < 4.78 is 58.1. The third-order valence-electron chi connectivity index (χ3n) is 4.61. The monoisotopic (exact) mass is 400 g/mol. The molecule has 2 aromatic heterocycles. The standard InChI is InChI=1S/C22H16F4N2O/c23-19-7-5-14(12-18(19)22(24,25)26)20-8-6-17(29-20)11-15-3-2-10-28-21(15)16-4-1-9-27-13-16/h1,4-9,11-13H,2-3,10H2. The summed E-state index contributed by atoms with van der Waals surface area (Å²) in [5, 5.41) is 0. The van der Waals surface area contributed by atoms with E-state index in [1.807, 2.05) is 18.2 Å². The van der Waals surface area contributed by atoms with Crippen LogP contribution in [-0.4, -0.2) is 17.2 Å². The molecule has 0 saturated carbocycles. The number of hydrogen-bond acceptors (Lipinski definition) is 3. The Hall–Kier alpha value is -3.22. The van der Waals surface area contributed by atoms with Crippen LogP contribution < -0.4 is 0 Å². The average Bonchev–Trinajstić information content (AvgIpc) is 3.17. The van der Waals surface area contributed by atoms with Crippen molar-refractivity contribution in [3.63, 3.8) is 0 Å². The first-order chi connectivity index (χ1) is 13.9. The molecule has 0 radical (unpaired) electrons. The highest BCUT2D eigenvalue weighted by molar-refractivity contribution is 6.15. The lowest BCUT2D eigenvalue weighted by atomic mass is 9.96. The van der Waals surface area contributed by atoms with Gasteiger partial charge in [-0.05, 0) is 67.0 Å². The molecule has 29 heavy (non-hydrogen) atoms. The minimum atomic E-state index is -4.77. The summed E-state index contributed by atoms with van der Waals surface area (Å²) in [5.41, 5.74) is 1.56. The Balaban J connectivity index is 1.66. The smallest absolute Gasteiger partial charge is 0.419 e. The Morgan fingerprint density at radius 1 is 1.03 bits per heavy atom. The fourth-order valence-electron chi connectivity index (χ4n) is 3.25. The van der Waals surface area contributed by atoms with Crippen molar-refractivity contribution < 1.29 is 22.0 Å². The lowest BCUT2D eigenvalue weighted by molar-refractivity contribution is -0.139. The molecular formula is C22H16F4N2O. The lowest BCUT2D eigenvalue weighted by Gasteiger charge is -2.15. The van der Waals surface area contributed by atoms with Crippen molar-refractivity contribution in [1.82, 2.24) is 4.98 Å². The van der Waals surface area contributed by atoms with Gasteiger partial charge in [0.1, 0.15) is 17.3 Å². The second kappa shape index (κ2) is 7.66. The number of hydrogen-bond donors (Lipinski definition) is 0. The molecule has 3 heterocycles. The Bertz CT molecular complexity index is 1080. The van der Waals surface area contributed by atoms with Crippen molar-refractivity contribution in [3.05, 3.63) is 83.1 Å². The zero-order valence-corrected chi connectivity index (χ0v) is 15.2. The van der Waals surface area contributed by atoms with E-state index in [9.17, 15) is 17.6 Å². The summed E-state index contributed by atoms with van der Waals surface area (Å²) in [6.07, 6.45) is 2.20. The molecule has 0 bridgehead atoms. The Labute approximate surface area is 164 Å². The first kappa shape index (κ1) is 19.1. The van der Waals surface area contributed by atoms with Crippen molar-refractivity contribution in [2.24, 2.45) is 4.99 Å². The fourth-order valence-corrected chi connectivity index (χ4v) is 3.25. The lowest BCUT2D eigenvalue weighted by Crippen LogP contribution is -2.11. The van der Waals surface area contributed by atoms with E-state index in [1.54, 1.807) is 24.5 Å². The normalized spacial score (nSPS) is 16.1. The van der Waals surface area contributed by atoms with Crippen LogP contribution in [0.3, 0.4) is 0 Å². The number of pyridine rings is 1. The number of alkyl halides is 3. The molecule has 0 unspecified atom stereocenters. The Morgan fingerprint density at radius 2 is 1.90 bits per heavy atom. The van der Waals surface area contributed by atoms with E-state index in [-0.39, 0.29) is 11.3 Å². The third-order valence-corrected chi connectivity index (χ3v) is 4.61. The Morgan fingerprint density at radius 3 is 2.66 bits per heavy atom. The van der Waals surface area contributed by atoms with Crippen molar-refractivity contribution in [3.8, 4) is 11.3 Å². The van der Waals surface area contributed by atoms with Gasteiger partial charge in [0.2, 0.25) is 0 Å². The maximum absolute atomic E-state index is 13.5. The van der Waals surface area contributed by atoms with Crippen LogP contribution in [0.4, 0.5) is 17.6 Å². The summed E-state index contributed by atoms with van der Waals surface area (Å²) in [6.45, 7) is 0.723. The van der Waals surface area contributed by atoms with Gasteiger partial charge in [-0.25, -0.2) is 4.39 Å². The van der Waals surface area contributed by atoms with Gasteiger partial charge >= 0.3 is 6.18 Å². The highest BCUT2D eigenvalue weighted by atomic mass is 19.4. The molecule has 1 aliphatic rings. The van der Waals surface area contributed by atoms with Crippen molar-refractivity contribution in [2.75, 3.05) is 6.54 Å². The third kappa shape index (κ3) is 4.13. The van der Waals surface area contributed by atoms with E-state index >= 15 is 0 Å². The van der Waals surface area contributed by atoms with E-state index in [0.29, 0.717) is 5.76 Å². The quantitative estimate of drug-likeness (QED) is 0.494. The molecule has 0 amide bonds. The molecule has 3 aromatic rings. The largest absolute Gasteiger partial charge is 0.457 e. The number of aliphatic imine (C=N–C) groups is 1. The van der Waals surface area contributed by atoms with Crippen molar-refractivity contribution in [2.45, 2.75) is 19.0 Å². The van der Waals surface area contributed by atoms with Gasteiger partial charge in [0, 0.05) is 30.1 Å². The molecule has 1 aromatic carbocycles. The molecule has 3 nitrogen and oxygen atoms in total. The first-order valence-corrected chi connectivity index (χ1v) is 9.04. The van der Waals surface area contributed by atoms with Gasteiger partial charge in [-0.15, -0.1) is 0 Å². The zero-order chi connectivity index (χ0) is 20.4. The summed E-state index contributed by atoms with van der Waals surface area (Å²) in [7, 11) is 0. The topological polar surface area (TPSA) is 38.4 Å². The second-order valence-electron chi connectivity index (χ2n) is 6.64. The van der Waals surface area contributed by atoms with Crippen LogP contribution >= 0.6 is 0 Å². The summed E-state index contributed by atoms with van der Waals surface area (Å²) in [4.78, 5) is 8.72. The number of furan rings is 1. The fraction of sp³-hybridized carbons (Fsp3) is 0.182. The number of allylic oxidation sites excluding steroid dienone is 1. The molecule has 1 aliphatic heterocycles. The number of nitrogens with zero attached hydrogens (tertiary/aromatic N) is 2. The minimum Gasteiger partial charge on any atom is -0.457 e. The van der Waals surface area contributed by atoms with E-state index in [0.717, 1.165) is 48.4 Å². The van der Waals surface area contributed by atoms with Crippen molar-refractivity contribution in [1.29, 1.82) is 0 Å². The van der Waals surface area contributed by atoms with E-state index < -0.39 is 17.6 Å². The maximum Gasteiger partial charge on any atom is 0.419 e. The van der Waals surface area contributed by atoms with Crippen LogP contribution in [0, 0.1) is 5.82 Å². The van der Waals surface area contributed by atoms with Gasteiger partial charge in [0.25, 0.3) is 0 Å². The molecule has 0 saturated heterocycles. The van der Waals surface area contributed by atoms with E-state index in [2.05, 4.69) is 9.98 Å². The molecule has 0 aliphatic carbocycles. The number of benzene rings is 1. The van der Waals surface area contributed by atoms with E-state index in [4.69, 9.17) is 4.42 Å². The van der Waals surface area contributed by atoms with Crippen LogP contribution in [0.5, 0.6) is 0 Å². The molecule has 4 rings (SSSR count). The highest BCUT2D eigenvalue weighted by Crippen LogP contribution is 2.35. The number of halogens is 4. The summed E-state index contributed by atoms with van der Waals surface area (Å²) in [6, 6.07) is 9.83. The van der Waals surface area contributed by atoms with Gasteiger partial charge in [0.05, 0.1) is 11.3 Å². The first-order valence-electron chi connectivity index (χ1n) is 9.04. The molecular weight excluding hydrogens is 384 g/mol. The molecule has 0 spiro atoms. The van der Waals surface area contributed by atoms with Gasteiger partial charge in [-0.1, -0.05) is 0 Å². The van der Waals surface area contributed by atoms with Crippen LogP contribution in [0.15, 0.2) is 69.8 Å². The molecule has 148 valence electrons. The van der Waals surface area contributed by atoms with Gasteiger partial charge < -0.3 is 4.42 Å². The predicted octanol–water partition coefficient (Wildman–Crippen LogP) is 6.17. The van der Waals surface area contributed by atoms with Crippen LogP contribution in [0.25, 0.3) is 17.4 Å². The SMILES string of the molecule is Fc1ccc(-c2ccc(C=C3CCCN=C3c3cccnc3)o2)cc1C(F)(F)F. The molecule has 0 atom stereocenters. The van der Waals surface area contributed by atoms with Crippen molar-refractivity contribution >= 4 is 11.8 Å². The zero-order valence-electron chi connectivity index (χ0n) is 15.2. The number of rotatable bonds is 3. The molecule has 0 fully saturated rings. The molecule has 7 heteroatoms. The molecule has 0 N–H and O–H groups in total.